The molecule has 0 atom stereocenters. The van der Waals surface area contributed by atoms with Crippen LogP contribution in [0.3, 0.4) is 0 Å². The fourth-order valence-electron chi connectivity index (χ4n) is 1.95. The van der Waals surface area contributed by atoms with Gasteiger partial charge < -0.3 is 4.98 Å². The number of halogens is 1. The highest BCUT2D eigenvalue weighted by Gasteiger charge is 2.07. The summed E-state index contributed by atoms with van der Waals surface area (Å²) in [6, 6.07) is 8.27. The molecule has 0 aliphatic rings. The van der Waals surface area contributed by atoms with E-state index in [9.17, 15) is 0 Å². The fourth-order valence-corrected chi connectivity index (χ4v) is 2.41. The van der Waals surface area contributed by atoms with Crippen LogP contribution in [0, 0.1) is 6.92 Å². The van der Waals surface area contributed by atoms with E-state index in [0.717, 1.165) is 21.2 Å². The average Bonchev–Trinajstić information content (AvgIpc) is 2.60. The molecule has 1 aromatic carbocycles. The van der Waals surface area contributed by atoms with Crippen molar-refractivity contribution in [3.8, 4) is 0 Å². The summed E-state index contributed by atoms with van der Waals surface area (Å²) in [5, 5.41) is 2.48. The largest absolute Gasteiger partial charge is 0.352 e. The second-order valence-corrected chi connectivity index (χ2v) is 4.46. The van der Waals surface area contributed by atoms with Crippen molar-refractivity contribution in [3.63, 3.8) is 0 Å². The Morgan fingerprint density at radius 3 is 2.80 bits per heavy atom. The Kier molecular flexibility index (Phi) is 1.83. The van der Waals surface area contributed by atoms with Crippen LogP contribution in [0.5, 0.6) is 0 Å². The van der Waals surface area contributed by atoms with E-state index in [0.29, 0.717) is 0 Å². The monoisotopic (exact) mass is 260 g/mol. The van der Waals surface area contributed by atoms with Crippen molar-refractivity contribution in [3.05, 3.63) is 40.6 Å². The molecule has 1 N–H and O–H groups in total. The molecule has 3 aromatic rings. The normalized spacial score (nSPS) is 11.3. The smallest absolute Gasteiger partial charge is 0.0681 e. The number of para-hydroxylation sites is 1. The number of pyridine rings is 1. The van der Waals surface area contributed by atoms with E-state index in [1.165, 1.54) is 10.8 Å². The van der Waals surface area contributed by atoms with E-state index in [4.69, 9.17) is 0 Å². The van der Waals surface area contributed by atoms with E-state index in [1.807, 2.05) is 25.3 Å². The molecule has 2 nitrogen and oxygen atoms in total. The molecule has 3 rings (SSSR count). The first kappa shape index (κ1) is 8.92. The predicted molar refractivity (Wildman–Crippen MR) is 66.0 cm³/mol. The van der Waals surface area contributed by atoms with Gasteiger partial charge in [-0.25, -0.2) is 0 Å². The van der Waals surface area contributed by atoms with Crippen molar-refractivity contribution in [1.29, 1.82) is 0 Å². The SMILES string of the molecule is Cc1nccc2c1[nH]c1c(Br)cccc12. The summed E-state index contributed by atoms with van der Waals surface area (Å²) >= 11 is 3.55. The van der Waals surface area contributed by atoms with Gasteiger partial charge >= 0.3 is 0 Å². The highest BCUT2D eigenvalue weighted by atomic mass is 79.9. The van der Waals surface area contributed by atoms with Crippen LogP contribution in [0.4, 0.5) is 0 Å². The molecule has 0 amide bonds. The number of aromatic amines is 1. The number of H-pyrrole nitrogens is 1. The van der Waals surface area contributed by atoms with Gasteiger partial charge in [-0.1, -0.05) is 12.1 Å². The summed E-state index contributed by atoms with van der Waals surface area (Å²) in [6.45, 7) is 2.02. The molecular formula is C12H9BrN2. The van der Waals surface area contributed by atoms with Crippen LogP contribution in [0.2, 0.25) is 0 Å². The van der Waals surface area contributed by atoms with Gasteiger partial charge in [-0.3, -0.25) is 4.98 Å². The van der Waals surface area contributed by atoms with Crippen LogP contribution in [-0.2, 0) is 0 Å². The van der Waals surface area contributed by atoms with Gasteiger partial charge in [0, 0.05) is 21.4 Å². The third-order valence-corrected chi connectivity index (χ3v) is 3.36. The maximum Gasteiger partial charge on any atom is 0.0681 e. The molecule has 0 aliphatic carbocycles. The summed E-state index contributed by atoms with van der Waals surface area (Å²) in [4.78, 5) is 7.69. The second-order valence-electron chi connectivity index (χ2n) is 3.61. The minimum absolute atomic E-state index is 1.04. The molecule has 0 fully saturated rings. The Balaban J connectivity index is 2.63. The number of hydrogen-bond acceptors (Lipinski definition) is 1. The Morgan fingerprint density at radius 1 is 1.13 bits per heavy atom. The number of aromatic nitrogens is 2. The van der Waals surface area contributed by atoms with E-state index in [1.54, 1.807) is 0 Å². The van der Waals surface area contributed by atoms with Crippen LogP contribution in [-0.4, -0.2) is 9.97 Å². The second kappa shape index (κ2) is 3.07. The molecule has 2 aromatic heterocycles. The molecule has 0 saturated carbocycles. The summed E-state index contributed by atoms with van der Waals surface area (Å²) in [7, 11) is 0. The zero-order chi connectivity index (χ0) is 10.4. The fraction of sp³-hybridized carbons (Fsp3) is 0.0833. The van der Waals surface area contributed by atoms with Crippen molar-refractivity contribution < 1.29 is 0 Å². The van der Waals surface area contributed by atoms with Crippen molar-refractivity contribution in [2.24, 2.45) is 0 Å². The molecule has 15 heavy (non-hydrogen) atoms. The Bertz CT molecular complexity index is 599. The molecule has 2 heterocycles. The Labute approximate surface area is 95.5 Å². The highest BCUT2D eigenvalue weighted by molar-refractivity contribution is 9.10. The predicted octanol–water partition coefficient (Wildman–Crippen LogP) is 3.79. The standard InChI is InChI=1S/C12H9BrN2/c1-7-11-9(5-6-14-7)8-3-2-4-10(13)12(8)15-11/h2-6,15H,1H3. The molecule has 0 spiro atoms. The van der Waals surface area contributed by atoms with E-state index < -0.39 is 0 Å². The number of hydrogen-bond donors (Lipinski definition) is 1. The third-order valence-electron chi connectivity index (χ3n) is 2.69. The maximum absolute atomic E-state index is 4.29. The van der Waals surface area contributed by atoms with Gasteiger partial charge in [-0.05, 0) is 35.0 Å². The minimum Gasteiger partial charge on any atom is -0.352 e. The number of aryl methyl sites for hydroxylation is 1. The number of benzene rings is 1. The first-order valence-electron chi connectivity index (χ1n) is 4.79. The maximum atomic E-state index is 4.29. The van der Waals surface area contributed by atoms with Crippen molar-refractivity contribution >= 4 is 37.7 Å². The molecule has 0 aliphatic heterocycles. The van der Waals surface area contributed by atoms with Crippen LogP contribution in [0.1, 0.15) is 5.69 Å². The number of fused-ring (bicyclic) bond motifs is 3. The van der Waals surface area contributed by atoms with Crippen LogP contribution in [0.15, 0.2) is 34.9 Å². The lowest BCUT2D eigenvalue weighted by Crippen LogP contribution is -1.80. The van der Waals surface area contributed by atoms with Gasteiger partial charge in [0.15, 0.2) is 0 Å². The quantitative estimate of drug-likeness (QED) is 0.655. The van der Waals surface area contributed by atoms with Crippen LogP contribution >= 0.6 is 15.9 Å². The molecule has 74 valence electrons. The highest BCUT2D eigenvalue weighted by Crippen LogP contribution is 2.30. The molecular weight excluding hydrogens is 252 g/mol. The van der Waals surface area contributed by atoms with E-state index in [2.05, 4.69) is 38.0 Å². The van der Waals surface area contributed by atoms with Crippen LogP contribution in [0.25, 0.3) is 21.8 Å². The molecule has 0 unspecified atom stereocenters. The van der Waals surface area contributed by atoms with Gasteiger partial charge in [0.1, 0.15) is 0 Å². The van der Waals surface area contributed by atoms with Gasteiger partial charge in [0.25, 0.3) is 0 Å². The molecule has 0 radical (unpaired) electrons. The summed E-state index contributed by atoms with van der Waals surface area (Å²) in [6.07, 6.45) is 1.85. The number of nitrogens with one attached hydrogen (secondary N) is 1. The first-order valence-corrected chi connectivity index (χ1v) is 5.58. The zero-order valence-electron chi connectivity index (χ0n) is 8.21. The Hall–Kier alpha value is -1.35. The lowest BCUT2D eigenvalue weighted by molar-refractivity contribution is 1.22. The van der Waals surface area contributed by atoms with Crippen LogP contribution < -0.4 is 0 Å². The number of rotatable bonds is 0. The Morgan fingerprint density at radius 2 is 1.93 bits per heavy atom. The summed E-state index contributed by atoms with van der Waals surface area (Å²) < 4.78 is 1.09. The number of nitrogens with zero attached hydrogens (tertiary/aromatic N) is 1. The molecule has 3 heteroatoms. The lowest BCUT2D eigenvalue weighted by Gasteiger charge is -1.93. The first-order chi connectivity index (χ1) is 7.27. The average molecular weight is 261 g/mol. The van der Waals surface area contributed by atoms with Crippen molar-refractivity contribution in [2.75, 3.05) is 0 Å². The zero-order valence-corrected chi connectivity index (χ0v) is 9.80. The minimum atomic E-state index is 1.04. The van der Waals surface area contributed by atoms with E-state index in [-0.39, 0.29) is 0 Å². The topological polar surface area (TPSA) is 28.7 Å². The lowest BCUT2D eigenvalue weighted by atomic mass is 10.2. The van der Waals surface area contributed by atoms with E-state index >= 15 is 0 Å². The summed E-state index contributed by atoms with van der Waals surface area (Å²) in [5.74, 6) is 0. The third kappa shape index (κ3) is 1.20. The van der Waals surface area contributed by atoms with Gasteiger partial charge in [0.2, 0.25) is 0 Å². The van der Waals surface area contributed by atoms with Crippen molar-refractivity contribution in [1.82, 2.24) is 9.97 Å². The van der Waals surface area contributed by atoms with Crippen molar-refractivity contribution in [2.45, 2.75) is 6.92 Å². The van der Waals surface area contributed by atoms with Gasteiger partial charge in [-0.15, -0.1) is 0 Å². The van der Waals surface area contributed by atoms with Gasteiger partial charge in [0.05, 0.1) is 16.7 Å². The molecule has 0 saturated heterocycles. The van der Waals surface area contributed by atoms with Gasteiger partial charge in [-0.2, -0.15) is 0 Å². The molecule has 0 bridgehead atoms. The summed E-state index contributed by atoms with van der Waals surface area (Å²) in [5.41, 5.74) is 3.30.